The average Bonchev–Trinajstić information content (AvgIpc) is 2.83. The first-order chi connectivity index (χ1) is 9.56. The van der Waals surface area contributed by atoms with Gasteiger partial charge in [-0.3, -0.25) is 0 Å². The summed E-state index contributed by atoms with van der Waals surface area (Å²) in [4.78, 5) is 15.8. The first-order valence-corrected chi connectivity index (χ1v) is 6.95. The summed E-state index contributed by atoms with van der Waals surface area (Å²) in [5, 5.41) is 9.95. The number of benzene rings is 1. The Balaban J connectivity index is 2.50. The van der Waals surface area contributed by atoms with Gasteiger partial charge in [0.25, 0.3) is 0 Å². The molecule has 0 unspecified atom stereocenters. The zero-order valence-corrected chi connectivity index (χ0v) is 12.0. The van der Waals surface area contributed by atoms with Crippen LogP contribution in [0.1, 0.15) is 28.8 Å². The van der Waals surface area contributed by atoms with Crippen LogP contribution in [0, 0.1) is 5.82 Å². The molecule has 4 nitrogen and oxygen atoms in total. The number of carboxylic acid groups (broad SMARTS) is 1. The predicted molar refractivity (Wildman–Crippen MR) is 75.0 cm³/mol. The second-order valence-corrected chi connectivity index (χ2v) is 5.27. The van der Waals surface area contributed by atoms with Crippen molar-refractivity contribution in [2.45, 2.75) is 19.8 Å². The maximum atomic E-state index is 13.7. The standard InChI is InChI=1S/C14H14FNO3S/c1-3-4-11-16-12(14(17)18)13(20-11)8-5-6-10(19-2)9(15)7-8/h5-7H,3-4H2,1-2H3,(H,17,18). The van der Waals surface area contributed by atoms with Gasteiger partial charge in [0.1, 0.15) is 0 Å². The van der Waals surface area contributed by atoms with Crippen molar-refractivity contribution in [2.24, 2.45) is 0 Å². The molecule has 1 heterocycles. The van der Waals surface area contributed by atoms with Crippen LogP contribution in [0.2, 0.25) is 0 Å². The Bertz CT molecular complexity index is 639. The van der Waals surface area contributed by atoms with Gasteiger partial charge in [-0.2, -0.15) is 0 Å². The predicted octanol–water partition coefficient (Wildman–Crippen LogP) is 3.61. The maximum Gasteiger partial charge on any atom is 0.356 e. The summed E-state index contributed by atoms with van der Waals surface area (Å²) in [5.41, 5.74) is 0.476. The van der Waals surface area contributed by atoms with Gasteiger partial charge in [0.15, 0.2) is 17.3 Å². The lowest BCUT2D eigenvalue weighted by Gasteiger charge is -2.04. The van der Waals surface area contributed by atoms with Crippen molar-refractivity contribution >= 4 is 17.3 Å². The van der Waals surface area contributed by atoms with Crippen LogP contribution in [0.4, 0.5) is 4.39 Å². The van der Waals surface area contributed by atoms with Crippen LogP contribution in [0.3, 0.4) is 0 Å². The first kappa shape index (κ1) is 14.5. The molecule has 6 heteroatoms. The molecule has 20 heavy (non-hydrogen) atoms. The van der Waals surface area contributed by atoms with E-state index in [1.807, 2.05) is 6.92 Å². The summed E-state index contributed by atoms with van der Waals surface area (Å²) in [5.74, 6) is -1.49. The molecule has 2 rings (SSSR count). The highest BCUT2D eigenvalue weighted by atomic mass is 32.1. The van der Waals surface area contributed by atoms with Crippen molar-refractivity contribution < 1.29 is 19.0 Å². The van der Waals surface area contributed by atoms with Crippen LogP contribution in [0.5, 0.6) is 5.75 Å². The Morgan fingerprint density at radius 3 is 2.80 bits per heavy atom. The molecule has 106 valence electrons. The van der Waals surface area contributed by atoms with Gasteiger partial charge in [-0.05, 0) is 36.6 Å². The summed E-state index contributed by atoms with van der Waals surface area (Å²) in [6, 6.07) is 4.39. The van der Waals surface area contributed by atoms with E-state index in [1.165, 1.54) is 30.6 Å². The van der Waals surface area contributed by atoms with Crippen LogP contribution in [0.25, 0.3) is 10.4 Å². The Morgan fingerprint density at radius 1 is 1.50 bits per heavy atom. The molecule has 1 N–H and O–H groups in total. The quantitative estimate of drug-likeness (QED) is 0.915. The number of aryl methyl sites for hydroxylation is 1. The van der Waals surface area contributed by atoms with E-state index in [2.05, 4.69) is 4.98 Å². The normalized spacial score (nSPS) is 10.6. The molecule has 1 aromatic heterocycles. The van der Waals surface area contributed by atoms with Crippen LogP contribution >= 0.6 is 11.3 Å². The summed E-state index contributed by atoms with van der Waals surface area (Å²) < 4.78 is 18.6. The Kier molecular flexibility index (Phi) is 4.34. The summed E-state index contributed by atoms with van der Waals surface area (Å²) in [6.07, 6.45) is 1.59. The van der Waals surface area contributed by atoms with Crippen molar-refractivity contribution in [3.63, 3.8) is 0 Å². The topological polar surface area (TPSA) is 59.4 Å². The third kappa shape index (κ3) is 2.80. The highest BCUT2D eigenvalue weighted by Gasteiger charge is 2.19. The van der Waals surface area contributed by atoms with Gasteiger partial charge in [0, 0.05) is 0 Å². The monoisotopic (exact) mass is 295 g/mol. The van der Waals surface area contributed by atoms with Crippen molar-refractivity contribution in [1.29, 1.82) is 0 Å². The number of nitrogens with zero attached hydrogens (tertiary/aromatic N) is 1. The molecule has 0 saturated heterocycles. The lowest BCUT2D eigenvalue weighted by molar-refractivity contribution is 0.0692. The third-order valence-corrected chi connectivity index (χ3v) is 3.92. The van der Waals surface area contributed by atoms with Crippen LogP contribution in [-0.2, 0) is 6.42 Å². The van der Waals surface area contributed by atoms with E-state index in [1.54, 1.807) is 6.07 Å². The number of halogens is 1. The summed E-state index contributed by atoms with van der Waals surface area (Å²) in [6.45, 7) is 1.99. The SMILES string of the molecule is CCCc1nc(C(=O)O)c(-c2ccc(OC)c(F)c2)s1. The van der Waals surface area contributed by atoms with E-state index in [-0.39, 0.29) is 11.4 Å². The molecule has 0 bridgehead atoms. The fourth-order valence-corrected chi connectivity index (χ4v) is 2.99. The van der Waals surface area contributed by atoms with Gasteiger partial charge in [0.05, 0.1) is 17.0 Å². The van der Waals surface area contributed by atoms with E-state index in [0.717, 1.165) is 11.4 Å². The minimum absolute atomic E-state index is 0.0250. The molecular formula is C14H14FNO3S. The van der Waals surface area contributed by atoms with Crippen molar-refractivity contribution in [1.82, 2.24) is 4.98 Å². The van der Waals surface area contributed by atoms with E-state index < -0.39 is 11.8 Å². The van der Waals surface area contributed by atoms with E-state index in [0.29, 0.717) is 16.9 Å². The maximum absolute atomic E-state index is 13.7. The highest BCUT2D eigenvalue weighted by molar-refractivity contribution is 7.15. The van der Waals surface area contributed by atoms with Gasteiger partial charge in [0.2, 0.25) is 0 Å². The van der Waals surface area contributed by atoms with E-state index >= 15 is 0 Å². The Hall–Kier alpha value is -1.95. The number of carboxylic acids is 1. The van der Waals surface area contributed by atoms with Gasteiger partial charge in [-0.15, -0.1) is 11.3 Å². The van der Waals surface area contributed by atoms with Crippen molar-refractivity contribution in [3.8, 4) is 16.2 Å². The number of ether oxygens (including phenoxy) is 1. The Labute approximate surface area is 119 Å². The smallest absolute Gasteiger partial charge is 0.356 e. The van der Waals surface area contributed by atoms with Gasteiger partial charge in [-0.25, -0.2) is 14.2 Å². The first-order valence-electron chi connectivity index (χ1n) is 6.13. The van der Waals surface area contributed by atoms with Crippen molar-refractivity contribution in [2.75, 3.05) is 7.11 Å². The molecule has 0 aliphatic rings. The summed E-state index contributed by atoms with van der Waals surface area (Å²) in [7, 11) is 1.38. The molecule has 0 aliphatic carbocycles. The fraction of sp³-hybridized carbons (Fsp3) is 0.286. The number of hydrogen-bond donors (Lipinski definition) is 1. The molecule has 2 aromatic rings. The summed E-state index contributed by atoms with van der Waals surface area (Å²) >= 11 is 1.29. The molecule has 0 radical (unpaired) electrons. The number of rotatable bonds is 5. The highest BCUT2D eigenvalue weighted by Crippen LogP contribution is 2.33. The van der Waals surface area contributed by atoms with Gasteiger partial charge in [-0.1, -0.05) is 6.92 Å². The third-order valence-electron chi connectivity index (χ3n) is 2.75. The fourth-order valence-electron chi connectivity index (χ4n) is 1.83. The number of methoxy groups -OCH3 is 1. The molecule has 0 atom stereocenters. The molecular weight excluding hydrogens is 281 g/mol. The minimum Gasteiger partial charge on any atom is -0.494 e. The molecule has 0 spiro atoms. The zero-order valence-electron chi connectivity index (χ0n) is 11.1. The lowest BCUT2D eigenvalue weighted by Crippen LogP contribution is -1.99. The molecule has 0 amide bonds. The van der Waals surface area contributed by atoms with Gasteiger partial charge >= 0.3 is 5.97 Å². The molecule has 0 aliphatic heterocycles. The number of carbonyl (C=O) groups is 1. The van der Waals surface area contributed by atoms with Gasteiger partial charge < -0.3 is 9.84 Å². The molecule has 0 saturated carbocycles. The number of aromatic carboxylic acids is 1. The van der Waals surface area contributed by atoms with E-state index in [9.17, 15) is 14.3 Å². The van der Waals surface area contributed by atoms with Crippen LogP contribution in [0.15, 0.2) is 18.2 Å². The number of thiazole rings is 1. The Morgan fingerprint density at radius 2 is 2.25 bits per heavy atom. The van der Waals surface area contributed by atoms with Crippen LogP contribution in [-0.4, -0.2) is 23.2 Å². The minimum atomic E-state index is -1.10. The second-order valence-electron chi connectivity index (χ2n) is 4.19. The second kappa shape index (κ2) is 6.00. The largest absolute Gasteiger partial charge is 0.494 e. The number of aromatic nitrogens is 1. The van der Waals surface area contributed by atoms with E-state index in [4.69, 9.17) is 4.74 Å². The average molecular weight is 295 g/mol. The van der Waals surface area contributed by atoms with Crippen LogP contribution < -0.4 is 4.74 Å². The van der Waals surface area contributed by atoms with Crippen molar-refractivity contribution in [3.05, 3.63) is 34.7 Å². The molecule has 0 fully saturated rings. The number of hydrogen-bond acceptors (Lipinski definition) is 4. The lowest BCUT2D eigenvalue weighted by atomic mass is 10.1. The molecule has 1 aromatic carbocycles. The zero-order chi connectivity index (χ0) is 14.7.